The number of ether oxygens (including phenoxy) is 1. The molecule has 0 unspecified atom stereocenters. The number of rotatable bonds is 4. The van der Waals surface area contributed by atoms with Crippen LogP contribution in [-0.4, -0.2) is 39.5 Å². The van der Waals surface area contributed by atoms with E-state index < -0.39 is 50.2 Å². The number of aliphatic hydroxyl groups is 1. The van der Waals surface area contributed by atoms with Crippen LogP contribution >= 0.6 is 7.82 Å². The van der Waals surface area contributed by atoms with E-state index in [1.165, 1.54) is 13.1 Å². The fraction of sp³-hybridized carbons (Fsp3) is 0.600. The van der Waals surface area contributed by atoms with Crippen molar-refractivity contribution in [2.24, 2.45) is 5.73 Å². The molecule has 2 heterocycles. The number of aliphatic hydroxyl groups excluding tert-OH is 1. The summed E-state index contributed by atoms with van der Waals surface area (Å²) in [6.07, 6.45) is -2.52. The first-order valence-corrected chi connectivity index (χ1v) is 7.64. The summed E-state index contributed by atoms with van der Waals surface area (Å²) >= 11 is 0. The van der Waals surface area contributed by atoms with Crippen molar-refractivity contribution in [3.63, 3.8) is 0 Å². The summed E-state index contributed by atoms with van der Waals surface area (Å²) in [4.78, 5) is 46.0. The predicted molar refractivity (Wildman–Crippen MR) is 67.5 cm³/mol. The van der Waals surface area contributed by atoms with Gasteiger partial charge in [0, 0.05) is 11.8 Å². The zero-order chi connectivity index (χ0) is 16.7. The number of hydrogen-bond donors (Lipinski definition) is 3. The average molecular weight is 335 g/mol. The third kappa shape index (κ3) is 3.52. The number of aryl methyl sites for hydroxylation is 1. The van der Waals surface area contributed by atoms with Crippen LogP contribution in [0.4, 0.5) is 0 Å². The molecular formula is C10H14N3O8P-2. The molecule has 11 nitrogen and oxygen atoms in total. The summed E-state index contributed by atoms with van der Waals surface area (Å²) in [5.41, 5.74) is 4.57. The van der Waals surface area contributed by atoms with Crippen molar-refractivity contribution in [1.29, 1.82) is 0 Å². The Bertz CT molecular complexity index is 709. The van der Waals surface area contributed by atoms with Crippen molar-refractivity contribution in [2.45, 2.75) is 31.4 Å². The topological polar surface area (TPSA) is 183 Å². The number of nitrogens with one attached hydrogen (secondary N) is 1. The summed E-state index contributed by atoms with van der Waals surface area (Å²) in [6, 6.07) is -1.09. The molecule has 0 radical (unpaired) electrons. The molecule has 0 amide bonds. The Labute approximate surface area is 123 Å². The molecule has 0 saturated carbocycles. The van der Waals surface area contributed by atoms with Gasteiger partial charge in [-0.1, -0.05) is 0 Å². The Morgan fingerprint density at radius 2 is 2.18 bits per heavy atom. The third-order valence-corrected chi connectivity index (χ3v) is 3.70. The van der Waals surface area contributed by atoms with Crippen molar-refractivity contribution < 1.29 is 28.7 Å². The predicted octanol–water partition coefficient (Wildman–Crippen LogP) is -3.72. The van der Waals surface area contributed by atoms with Gasteiger partial charge < -0.3 is 34.5 Å². The van der Waals surface area contributed by atoms with Gasteiger partial charge in [0.15, 0.2) is 6.23 Å². The highest BCUT2D eigenvalue weighted by Crippen LogP contribution is 2.31. The summed E-state index contributed by atoms with van der Waals surface area (Å²) in [5, 5.41) is 9.89. The van der Waals surface area contributed by atoms with Gasteiger partial charge in [-0.05, 0) is 6.92 Å². The first-order chi connectivity index (χ1) is 10.1. The number of nitrogens with two attached hydrogens (primary N) is 1. The Hall–Kier alpha value is -1.33. The molecule has 22 heavy (non-hydrogen) atoms. The number of H-pyrrole nitrogens is 1. The van der Waals surface area contributed by atoms with Gasteiger partial charge in [-0.15, -0.1) is 0 Å². The number of aromatic nitrogens is 2. The first-order valence-electron chi connectivity index (χ1n) is 6.18. The molecule has 2 rings (SSSR count). The number of nitrogens with zero attached hydrogens (tertiary/aromatic N) is 1. The Morgan fingerprint density at radius 3 is 2.77 bits per heavy atom. The first kappa shape index (κ1) is 17.0. The Kier molecular flexibility index (Phi) is 4.68. The van der Waals surface area contributed by atoms with Crippen LogP contribution < -0.4 is 26.8 Å². The minimum atomic E-state index is -5.23. The van der Waals surface area contributed by atoms with Gasteiger partial charge in [0.05, 0.1) is 20.5 Å². The fourth-order valence-corrected chi connectivity index (χ4v) is 2.43. The van der Waals surface area contributed by atoms with E-state index in [1.807, 2.05) is 4.98 Å². The molecule has 1 aliphatic heterocycles. The van der Waals surface area contributed by atoms with Crippen LogP contribution in [0.1, 0.15) is 11.8 Å². The quantitative estimate of drug-likeness (QED) is 0.465. The fourth-order valence-electron chi connectivity index (χ4n) is 2.10. The lowest BCUT2D eigenvalue weighted by Crippen LogP contribution is -2.43. The summed E-state index contributed by atoms with van der Waals surface area (Å²) in [6.45, 7) is 0.726. The highest BCUT2D eigenvalue weighted by Gasteiger charge is 2.43. The van der Waals surface area contributed by atoms with Crippen molar-refractivity contribution >= 4 is 7.82 Å². The highest BCUT2D eigenvalue weighted by atomic mass is 31.2. The van der Waals surface area contributed by atoms with E-state index in [-0.39, 0.29) is 5.56 Å². The van der Waals surface area contributed by atoms with Crippen molar-refractivity contribution in [1.82, 2.24) is 9.55 Å². The molecule has 1 fully saturated rings. The second-order valence-corrected chi connectivity index (χ2v) is 6.01. The zero-order valence-corrected chi connectivity index (χ0v) is 12.3. The number of aromatic amines is 1. The van der Waals surface area contributed by atoms with Crippen LogP contribution in [0.2, 0.25) is 0 Å². The molecule has 0 aromatic carbocycles. The van der Waals surface area contributed by atoms with Crippen molar-refractivity contribution in [3.8, 4) is 0 Å². The van der Waals surface area contributed by atoms with Crippen LogP contribution in [0, 0.1) is 6.92 Å². The molecular weight excluding hydrogens is 321 g/mol. The third-order valence-electron chi connectivity index (χ3n) is 3.24. The molecule has 4 N–H and O–H groups in total. The number of phosphoric acid groups is 1. The Morgan fingerprint density at radius 1 is 1.55 bits per heavy atom. The average Bonchev–Trinajstić information content (AvgIpc) is 2.68. The van der Waals surface area contributed by atoms with Crippen molar-refractivity contribution in [3.05, 3.63) is 32.6 Å². The van der Waals surface area contributed by atoms with E-state index >= 15 is 0 Å². The molecule has 0 bridgehead atoms. The Balaban J connectivity index is 2.23. The van der Waals surface area contributed by atoms with Gasteiger partial charge >= 0.3 is 5.69 Å². The van der Waals surface area contributed by atoms with E-state index in [1.54, 1.807) is 0 Å². The minimum absolute atomic E-state index is 0.216. The van der Waals surface area contributed by atoms with E-state index in [4.69, 9.17) is 10.5 Å². The largest absolute Gasteiger partial charge is 0.790 e. The van der Waals surface area contributed by atoms with Crippen LogP contribution in [0.15, 0.2) is 15.8 Å². The minimum Gasteiger partial charge on any atom is -0.790 e. The lowest BCUT2D eigenvalue weighted by Gasteiger charge is -2.30. The van der Waals surface area contributed by atoms with E-state index in [0.717, 1.165) is 4.57 Å². The lowest BCUT2D eigenvalue weighted by atomic mass is 10.1. The van der Waals surface area contributed by atoms with Crippen LogP contribution in [0.3, 0.4) is 0 Å². The second-order valence-electron chi connectivity index (χ2n) is 4.85. The molecule has 1 saturated heterocycles. The van der Waals surface area contributed by atoms with Gasteiger partial charge in [-0.3, -0.25) is 14.3 Å². The molecule has 4 atom stereocenters. The molecule has 124 valence electrons. The SMILES string of the molecule is Cc1cn([C@@H]2O[C@H](COP(=O)([O-])[O-])[C@@H](O)[C@H]2N)c(=O)[nH]c1=O. The summed E-state index contributed by atoms with van der Waals surface area (Å²) in [5.74, 6) is 0. The number of hydrogen-bond acceptors (Lipinski definition) is 9. The van der Waals surface area contributed by atoms with E-state index in [2.05, 4.69) is 4.52 Å². The van der Waals surface area contributed by atoms with Gasteiger partial charge in [0.25, 0.3) is 5.56 Å². The van der Waals surface area contributed by atoms with Crippen molar-refractivity contribution in [2.75, 3.05) is 6.61 Å². The standard InChI is InChI=1S/C10H16N3O8P/c1-4-2-13(10(16)12-8(4)15)9-6(11)7(14)5(21-9)3-20-22(17,18)19/h2,5-7,9,14H,3,11H2,1H3,(H,12,15,16)(H2,17,18,19)/p-2/t5-,6-,7-,9-/m1/s1. The lowest BCUT2D eigenvalue weighted by molar-refractivity contribution is -0.343. The molecule has 0 spiro atoms. The van der Waals surface area contributed by atoms with E-state index in [0.29, 0.717) is 0 Å². The molecule has 1 aromatic heterocycles. The van der Waals surface area contributed by atoms with Crippen LogP contribution in [0.5, 0.6) is 0 Å². The molecule has 12 heteroatoms. The smallest absolute Gasteiger partial charge is 0.330 e. The normalized spacial score (nSPS) is 29.0. The maximum atomic E-state index is 11.8. The molecule has 0 aliphatic carbocycles. The maximum absolute atomic E-state index is 11.8. The van der Waals surface area contributed by atoms with E-state index in [9.17, 15) is 29.0 Å². The van der Waals surface area contributed by atoms with Gasteiger partial charge in [-0.25, -0.2) is 4.79 Å². The summed E-state index contributed by atoms with van der Waals surface area (Å²) in [7, 11) is -5.23. The van der Waals surface area contributed by atoms with Crippen LogP contribution in [0.25, 0.3) is 0 Å². The maximum Gasteiger partial charge on any atom is 0.330 e. The zero-order valence-electron chi connectivity index (χ0n) is 11.4. The van der Waals surface area contributed by atoms with Gasteiger partial charge in [-0.2, -0.15) is 0 Å². The van der Waals surface area contributed by atoms with Gasteiger partial charge in [0.2, 0.25) is 0 Å². The van der Waals surface area contributed by atoms with Crippen LogP contribution in [-0.2, 0) is 13.8 Å². The van der Waals surface area contributed by atoms with Gasteiger partial charge in [0.1, 0.15) is 12.2 Å². The highest BCUT2D eigenvalue weighted by molar-refractivity contribution is 7.43. The monoisotopic (exact) mass is 335 g/mol. The number of phosphoric ester groups is 1. The summed E-state index contributed by atoms with van der Waals surface area (Å²) < 4.78 is 20.8. The second kappa shape index (κ2) is 6.05. The molecule has 1 aliphatic rings. The molecule has 1 aromatic rings.